The second-order valence-corrected chi connectivity index (χ2v) is 8.27. The molecule has 0 aliphatic carbocycles. The van der Waals surface area contributed by atoms with Crippen LogP contribution in [0.4, 0.5) is 0 Å². The molecule has 2 aromatic carbocycles. The lowest BCUT2D eigenvalue weighted by Gasteiger charge is -2.21. The zero-order valence-electron chi connectivity index (χ0n) is 14.5. The zero-order chi connectivity index (χ0) is 17.9. The van der Waals surface area contributed by atoms with Gasteiger partial charge in [0.1, 0.15) is 6.54 Å². The first kappa shape index (κ1) is 17.5. The maximum Gasteiger partial charge on any atom is 0.242 e. The minimum atomic E-state index is 0.187. The van der Waals surface area contributed by atoms with E-state index in [4.69, 9.17) is 11.6 Å². The number of rotatable bonds is 3. The summed E-state index contributed by atoms with van der Waals surface area (Å²) in [7, 11) is 0. The first-order chi connectivity index (χ1) is 12.7. The number of hydrogen-bond donors (Lipinski definition) is 0. The predicted octanol–water partition coefficient (Wildman–Crippen LogP) is 5.00. The largest absolute Gasteiger partial charge is 0.340 e. The van der Waals surface area contributed by atoms with E-state index in [1.807, 2.05) is 57.8 Å². The summed E-state index contributed by atoms with van der Waals surface area (Å²) in [6.45, 7) is 1.97. The van der Waals surface area contributed by atoms with Crippen LogP contribution in [0.5, 0.6) is 0 Å². The number of amides is 1. The zero-order valence-corrected chi connectivity index (χ0v) is 16.0. The van der Waals surface area contributed by atoms with Gasteiger partial charge in [-0.3, -0.25) is 4.79 Å². The molecule has 4 rings (SSSR count). The van der Waals surface area contributed by atoms with E-state index in [1.165, 1.54) is 10.9 Å². The van der Waals surface area contributed by atoms with Crippen LogP contribution in [0.3, 0.4) is 0 Å². The van der Waals surface area contributed by atoms with Gasteiger partial charge in [0.2, 0.25) is 5.91 Å². The maximum atomic E-state index is 12.8. The van der Waals surface area contributed by atoms with E-state index in [-0.39, 0.29) is 5.91 Å². The van der Waals surface area contributed by atoms with Crippen LogP contribution < -0.4 is 0 Å². The number of halogens is 1. The van der Waals surface area contributed by atoms with E-state index < -0.39 is 0 Å². The number of carbonyl (C=O) groups excluding carboxylic acids is 1. The van der Waals surface area contributed by atoms with E-state index >= 15 is 0 Å². The summed E-state index contributed by atoms with van der Waals surface area (Å²) in [5.41, 5.74) is 2.30. The van der Waals surface area contributed by atoms with Gasteiger partial charge in [-0.05, 0) is 35.6 Å². The summed E-state index contributed by atoms with van der Waals surface area (Å²) in [5, 5.41) is 2.35. The van der Waals surface area contributed by atoms with E-state index in [1.54, 1.807) is 0 Å². The second-order valence-electron chi connectivity index (χ2n) is 6.55. The average Bonchev–Trinajstić information content (AvgIpc) is 2.90. The summed E-state index contributed by atoms with van der Waals surface area (Å²) >= 11 is 8.26. The van der Waals surface area contributed by atoms with Crippen LogP contribution in [-0.4, -0.2) is 34.2 Å². The number of carbonyl (C=O) groups is 1. The van der Waals surface area contributed by atoms with Crippen molar-refractivity contribution in [3.05, 3.63) is 71.4 Å². The smallest absolute Gasteiger partial charge is 0.242 e. The summed E-state index contributed by atoms with van der Waals surface area (Å²) in [5.74, 6) is 1.13. The van der Waals surface area contributed by atoms with Gasteiger partial charge in [-0.25, -0.2) is 0 Å². The Hall–Kier alpha value is -1.91. The Morgan fingerprint density at radius 2 is 1.88 bits per heavy atom. The van der Waals surface area contributed by atoms with Crippen molar-refractivity contribution < 1.29 is 4.79 Å². The van der Waals surface area contributed by atoms with Crippen molar-refractivity contribution in [2.24, 2.45) is 0 Å². The third-order valence-electron chi connectivity index (χ3n) is 4.93. The highest BCUT2D eigenvalue weighted by molar-refractivity contribution is 7.99. The van der Waals surface area contributed by atoms with Crippen molar-refractivity contribution in [3.8, 4) is 0 Å². The third-order valence-corrected chi connectivity index (χ3v) is 6.59. The number of para-hydroxylation sites is 1. The molecule has 0 unspecified atom stereocenters. The van der Waals surface area contributed by atoms with Crippen LogP contribution >= 0.6 is 23.4 Å². The Balaban J connectivity index is 1.44. The highest BCUT2D eigenvalue weighted by atomic mass is 35.5. The Morgan fingerprint density at radius 1 is 1.08 bits per heavy atom. The molecule has 3 aromatic rings. The number of nitrogens with zero attached hydrogens (tertiary/aromatic N) is 2. The normalized spacial score (nSPS) is 18.0. The molecule has 0 bridgehead atoms. The molecule has 3 nitrogen and oxygen atoms in total. The summed E-state index contributed by atoms with van der Waals surface area (Å²) in [6, 6.07) is 18.3. The molecular weight excluding hydrogens is 364 g/mol. The quantitative estimate of drug-likeness (QED) is 0.634. The first-order valence-corrected chi connectivity index (χ1v) is 10.3. The van der Waals surface area contributed by atoms with Crippen molar-refractivity contribution in [1.29, 1.82) is 0 Å². The van der Waals surface area contributed by atoms with E-state index in [2.05, 4.69) is 24.3 Å². The molecule has 26 heavy (non-hydrogen) atoms. The van der Waals surface area contributed by atoms with E-state index in [0.29, 0.717) is 11.8 Å². The third kappa shape index (κ3) is 3.62. The number of thioether (sulfide) groups is 1. The molecule has 1 aromatic heterocycles. The molecule has 0 spiro atoms. The fourth-order valence-corrected chi connectivity index (χ4v) is 5.13. The van der Waals surface area contributed by atoms with Gasteiger partial charge >= 0.3 is 0 Å². The Labute approximate surface area is 162 Å². The van der Waals surface area contributed by atoms with Crippen LogP contribution in [0.1, 0.15) is 17.2 Å². The molecule has 134 valence electrons. The van der Waals surface area contributed by atoms with Crippen molar-refractivity contribution in [3.63, 3.8) is 0 Å². The first-order valence-electron chi connectivity index (χ1n) is 8.90. The topological polar surface area (TPSA) is 25.2 Å². The lowest BCUT2D eigenvalue weighted by Crippen LogP contribution is -2.35. The van der Waals surface area contributed by atoms with E-state index in [9.17, 15) is 4.79 Å². The molecule has 5 heteroatoms. The molecule has 0 saturated carbocycles. The summed E-state index contributed by atoms with van der Waals surface area (Å²) in [4.78, 5) is 14.8. The molecule has 1 fully saturated rings. The highest BCUT2D eigenvalue weighted by Crippen LogP contribution is 2.37. The SMILES string of the molecule is O=C(Cn1ccc2ccccc21)N1CCS[C@H](c2ccccc2Cl)CC1. The summed E-state index contributed by atoms with van der Waals surface area (Å²) in [6.07, 6.45) is 2.94. The predicted molar refractivity (Wildman–Crippen MR) is 110 cm³/mol. The minimum Gasteiger partial charge on any atom is -0.340 e. The fourth-order valence-electron chi connectivity index (χ4n) is 3.53. The number of fused-ring (bicyclic) bond motifs is 1. The van der Waals surface area contributed by atoms with Crippen molar-refractivity contribution >= 4 is 40.2 Å². The van der Waals surface area contributed by atoms with Crippen LogP contribution in [-0.2, 0) is 11.3 Å². The molecule has 0 radical (unpaired) electrons. The minimum absolute atomic E-state index is 0.187. The number of aromatic nitrogens is 1. The highest BCUT2D eigenvalue weighted by Gasteiger charge is 2.23. The van der Waals surface area contributed by atoms with Crippen molar-refractivity contribution in [1.82, 2.24) is 9.47 Å². The van der Waals surface area contributed by atoms with Gasteiger partial charge in [0, 0.05) is 40.8 Å². The van der Waals surface area contributed by atoms with Crippen LogP contribution in [0.2, 0.25) is 5.02 Å². The van der Waals surface area contributed by atoms with Crippen LogP contribution in [0, 0.1) is 0 Å². The standard InChI is InChI=1S/C21H21ClN2OS/c22-18-7-3-2-6-17(18)20-10-12-23(13-14-26-20)21(25)15-24-11-9-16-5-1-4-8-19(16)24/h1-9,11,20H,10,12-15H2/t20-/m0/s1. The molecule has 1 aliphatic heterocycles. The molecule has 1 saturated heterocycles. The van der Waals surface area contributed by atoms with Crippen molar-refractivity contribution in [2.75, 3.05) is 18.8 Å². The molecule has 2 heterocycles. The van der Waals surface area contributed by atoms with Gasteiger partial charge in [-0.1, -0.05) is 48.0 Å². The number of benzene rings is 2. The molecule has 1 atom stereocenters. The molecule has 0 N–H and O–H groups in total. The summed E-state index contributed by atoms with van der Waals surface area (Å²) < 4.78 is 2.04. The van der Waals surface area contributed by atoms with Gasteiger partial charge in [0.25, 0.3) is 0 Å². The fraction of sp³-hybridized carbons (Fsp3) is 0.286. The maximum absolute atomic E-state index is 12.8. The molecule has 1 amide bonds. The lowest BCUT2D eigenvalue weighted by molar-refractivity contribution is -0.131. The van der Waals surface area contributed by atoms with Gasteiger partial charge in [-0.2, -0.15) is 11.8 Å². The molecular formula is C21H21ClN2OS. The second kappa shape index (κ2) is 7.77. The van der Waals surface area contributed by atoms with Crippen LogP contribution in [0.25, 0.3) is 10.9 Å². The van der Waals surface area contributed by atoms with Gasteiger partial charge in [0.05, 0.1) is 0 Å². The van der Waals surface area contributed by atoms with Gasteiger partial charge < -0.3 is 9.47 Å². The Kier molecular flexibility index (Phi) is 5.23. The Bertz CT molecular complexity index is 923. The van der Waals surface area contributed by atoms with E-state index in [0.717, 1.165) is 35.8 Å². The van der Waals surface area contributed by atoms with Gasteiger partial charge in [0.15, 0.2) is 0 Å². The number of hydrogen-bond acceptors (Lipinski definition) is 2. The molecule has 1 aliphatic rings. The Morgan fingerprint density at radius 3 is 2.77 bits per heavy atom. The lowest BCUT2D eigenvalue weighted by atomic mass is 10.1. The van der Waals surface area contributed by atoms with Gasteiger partial charge in [-0.15, -0.1) is 0 Å². The monoisotopic (exact) mass is 384 g/mol. The average molecular weight is 385 g/mol. The van der Waals surface area contributed by atoms with Crippen LogP contribution in [0.15, 0.2) is 60.8 Å². The van der Waals surface area contributed by atoms with Crippen molar-refractivity contribution in [2.45, 2.75) is 18.2 Å².